The van der Waals surface area contributed by atoms with Gasteiger partial charge < -0.3 is 20.2 Å². The van der Waals surface area contributed by atoms with Crippen molar-refractivity contribution < 1.29 is 20.1 Å². The highest BCUT2D eigenvalue weighted by Crippen LogP contribution is 2.30. The van der Waals surface area contributed by atoms with Crippen molar-refractivity contribution in [1.29, 1.82) is 0 Å². The molecule has 0 radical (unpaired) electrons. The van der Waals surface area contributed by atoms with E-state index in [9.17, 15) is 4.79 Å². The molecule has 30 heavy (non-hydrogen) atoms. The molecule has 3 N–H and O–H groups in total. The SMILES string of the molecule is C.CC.CC.CCOCC1CCC(C(=O)N2CCN(CCCCCO)CC2)CC1.O. The van der Waals surface area contributed by atoms with E-state index in [0.29, 0.717) is 18.4 Å². The van der Waals surface area contributed by atoms with E-state index in [4.69, 9.17) is 9.84 Å². The van der Waals surface area contributed by atoms with Crippen LogP contribution in [0.5, 0.6) is 0 Å². The van der Waals surface area contributed by atoms with Gasteiger partial charge in [0.15, 0.2) is 0 Å². The second-order valence-electron chi connectivity index (χ2n) is 7.33. The van der Waals surface area contributed by atoms with Gasteiger partial charge in [0, 0.05) is 51.9 Å². The van der Waals surface area contributed by atoms with Gasteiger partial charge in [-0.1, -0.05) is 35.1 Å². The maximum atomic E-state index is 12.7. The number of piperazine rings is 1. The van der Waals surface area contributed by atoms with Crippen molar-refractivity contribution in [2.75, 3.05) is 52.5 Å². The predicted molar refractivity (Wildman–Crippen MR) is 129 cm³/mol. The van der Waals surface area contributed by atoms with Gasteiger partial charge in [-0.3, -0.25) is 9.69 Å². The fourth-order valence-electron chi connectivity index (χ4n) is 3.93. The van der Waals surface area contributed by atoms with Crippen molar-refractivity contribution in [2.45, 2.75) is 87.0 Å². The number of amides is 1. The number of unbranched alkanes of at least 4 members (excludes halogenated alkanes) is 2. The molecule has 0 aromatic heterocycles. The molecule has 0 bridgehead atoms. The van der Waals surface area contributed by atoms with Crippen LogP contribution in [-0.4, -0.2) is 78.8 Å². The largest absolute Gasteiger partial charge is 0.412 e. The lowest BCUT2D eigenvalue weighted by Gasteiger charge is -2.38. The summed E-state index contributed by atoms with van der Waals surface area (Å²) in [5.41, 5.74) is 0. The van der Waals surface area contributed by atoms with Crippen LogP contribution >= 0.6 is 0 Å². The first-order chi connectivity index (χ1) is 13.7. The molecule has 0 aromatic rings. The number of aliphatic hydroxyl groups excluding tert-OH is 1. The summed E-state index contributed by atoms with van der Waals surface area (Å²) in [6.45, 7) is 16.9. The first-order valence-corrected chi connectivity index (χ1v) is 11.9. The molecule has 2 rings (SSSR count). The molecular weight excluding hydrogens is 380 g/mol. The fourth-order valence-corrected chi connectivity index (χ4v) is 3.93. The fraction of sp³-hybridized carbons (Fsp3) is 0.958. The molecule has 184 valence electrons. The van der Waals surface area contributed by atoms with Crippen LogP contribution in [0, 0.1) is 11.8 Å². The van der Waals surface area contributed by atoms with Crippen LogP contribution in [0.1, 0.15) is 87.0 Å². The van der Waals surface area contributed by atoms with Gasteiger partial charge in [-0.15, -0.1) is 0 Å². The Labute approximate surface area is 187 Å². The third kappa shape index (κ3) is 13.6. The maximum absolute atomic E-state index is 12.7. The van der Waals surface area contributed by atoms with Crippen molar-refractivity contribution in [3.05, 3.63) is 0 Å². The Morgan fingerprint density at radius 2 is 1.50 bits per heavy atom. The van der Waals surface area contributed by atoms with Crippen LogP contribution in [0.15, 0.2) is 0 Å². The Morgan fingerprint density at radius 3 is 2.00 bits per heavy atom. The molecule has 2 aliphatic rings. The summed E-state index contributed by atoms with van der Waals surface area (Å²) in [6.07, 6.45) is 7.52. The highest BCUT2D eigenvalue weighted by atomic mass is 16.5. The lowest BCUT2D eigenvalue weighted by atomic mass is 9.81. The number of carbonyl (C=O) groups excluding carboxylic acids is 1. The third-order valence-electron chi connectivity index (χ3n) is 5.57. The molecule has 1 heterocycles. The summed E-state index contributed by atoms with van der Waals surface area (Å²) < 4.78 is 5.53. The van der Waals surface area contributed by atoms with E-state index in [2.05, 4.69) is 9.80 Å². The standard InChI is InChI=1S/C19H36N2O3.2C2H6.CH4.H2O/c1-2-24-16-17-6-8-18(9-7-17)19(23)21-13-11-20(12-14-21)10-4-3-5-15-22;2*1-2;;/h17-18,22H,2-16H2,1H3;2*1-2H3;1H4;1H2. The van der Waals surface area contributed by atoms with Crippen molar-refractivity contribution in [3.8, 4) is 0 Å². The predicted octanol–water partition coefficient (Wildman–Crippen LogP) is 4.00. The van der Waals surface area contributed by atoms with Gasteiger partial charge in [-0.25, -0.2) is 0 Å². The second-order valence-corrected chi connectivity index (χ2v) is 7.33. The van der Waals surface area contributed by atoms with E-state index >= 15 is 0 Å². The van der Waals surface area contributed by atoms with Crippen molar-refractivity contribution in [2.24, 2.45) is 11.8 Å². The molecule has 0 aromatic carbocycles. The molecule has 1 aliphatic carbocycles. The molecule has 6 heteroatoms. The van der Waals surface area contributed by atoms with Gasteiger partial charge in [0.2, 0.25) is 5.91 Å². The Kier molecular flexibility index (Phi) is 26.0. The molecule has 0 unspecified atom stereocenters. The van der Waals surface area contributed by atoms with E-state index in [-0.39, 0.29) is 18.8 Å². The Bertz CT molecular complexity index is 353. The quantitative estimate of drug-likeness (QED) is 0.556. The zero-order chi connectivity index (χ0) is 21.2. The summed E-state index contributed by atoms with van der Waals surface area (Å²) in [4.78, 5) is 17.3. The summed E-state index contributed by atoms with van der Waals surface area (Å²) in [5, 5.41) is 8.82. The molecule has 2 fully saturated rings. The molecule has 0 atom stereocenters. The molecule has 1 aliphatic heterocycles. The minimum Gasteiger partial charge on any atom is -0.412 e. The molecule has 6 nitrogen and oxygen atoms in total. The monoisotopic (exact) mass is 434 g/mol. The first kappa shape index (κ1) is 33.9. The van der Waals surface area contributed by atoms with E-state index in [1.165, 1.54) is 0 Å². The molecule has 1 saturated heterocycles. The average molecular weight is 435 g/mol. The molecular formula is C24H54N2O4. The zero-order valence-corrected chi connectivity index (χ0v) is 19.9. The molecule has 1 saturated carbocycles. The summed E-state index contributed by atoms with van der Waals surface area (Å²) >= 11 is 0. The number of aliphatic hydroxyl groups is 1. The van der Waals surface area contributed by atoms with Crippen molar-refractivity contribution >= 4 is 5.91 Å². The average Bonchev–Trinajstić information content (AvgIpc) is 2.78. The normalized spacial score (nSPS) is 21.1. The summed E-state index contributed by atoms with van der Waals surface area (Å²) in [6, 6.07) is 0. The Balaban J connectivity index is -0.00000114. The lowest BCUT2D eigenvalue weighted by Crippen LogP contribution is -2.50. The van der Waals surface area contributed by atoms with E-state index in [0.717, 1.165) is 90.9 Å². The summed E-state index contributed by atoms with van der Waals surface area (Å²) in [7, 11) is 0. The van der Waals surface area contributed by atoms with Gasteiger partial charge in [-0.2, -0.15) is 0 Å². The van der Waals surface area contributed by atoms with Gasteiger partial charge in [0.1, 0.15) is 0 Å². The minimum absolute atomic E-state index is 0. The first-order valence-electron chi connectivity index (χ1n) is 11.9. The van der Waals surface area contributed by atoms with Crippen LogP contribution in [0.2, 0.25) is 0 Å². The summed E-state index contributed by atoms with van der Waals surface area (Å²) in [5.74, 6) is 1.30. The maximum Gasteiger partial charge on any atom is 0.225 e. The second kappa shape index (κ2) is 23.0. The van der Waals surface area contributed by atoms with Gasteiger partial charge in [0.05, 0.1) is 0 Å². The highest BCUT2D eigenvalue weighted by molar-refractivity contribution is 5.79. The number of hydrogen-bond donors (Lipinski definition) is 1. The minimum atomic E-state index is 0. The Hall–Kier alpha value is -0.690. The van der Waals surface area contributed by atoms with Crippen LogP contribution < -0.4 is 0 Å². The topological polar surface area (TPSA) is 84.5 Å². The van der Waals surface area contributed by atoms with Crippen LogP contribution in [0.4, 0.5) is 0 Å². The molecule has 0 spiro atoms. The number of ether oxygens (including phenoxy) is 1. The Morgan fingerprint density at radius 1 is 0.933 bits per heavy atom. The smallest absolute Gasteiger partial charge is 0.225 e. The number of carbonyl (C=O) groups is 1. The number of nitrogens with zero attached hydrogens (tertiary/aromatic N) is 2. The van der Waals surface area contributed by atoms with E-state index in [1.54, 1.807) is 0 Å². The number of hydrogen-bond acceptors (Lipinski definition) is 4. The van der Waals surface area contributed by atoms with E-state index < -0.39 is 0 Å². The van der Waals surface area contributed by atoms with Gasteiger partial charge in [-0.05, 0) is 64.3 Å². The van der Waals surface area contributed by atoms with Crippen molar-refractivity contribution in [3.63, 3.8) is 0 Å². The van der Waals surface area contributed by atoms with Crippen molar-refractivity contribution in [1.82, 2.24) is 9.80 Å². The van der Waals surface area contributed by atoms with Gasteiger partial charge >= 0.3 is 0 Å². The zero-order valence-electron chi connectivity index (χ0n) is 19.9. The van der Waals surface area contributed by atoms with Gasteiger partial charge in [0.25, 0.3) is 0 Å². The van der Waals surface area contributed by atoms with E-state index in [1.807, 2.05) is 34.6 Å². The van der Waals surface area contributed by atoms with Crippen LogP contribution in [0.25, 0.3) is 0 Å². The highest BCUT2D eigenvalue weighted by Gasteiger charge is 2.30. The third-order valence-corrected chi connectivity index (χ3v) is 5.57. The number of rotatable bonds is 9. The molecule has 1 amide bonds. The van der Waals surface area contributed by atoms with Crippen LogP contribution in [-0.2, 0) is 9.53 Å². The van der Waals surface area contributed by atoms with Crippen LogP contribution in [0.3, 0.4) is 0 Å². The lowest BCUT2D eigenvalue weighted by molar-refractivity contribution is -0.138.